The fourth-order valence-electron chi connectivity index (χ4n) is 1.17. The maximum Gasteiger partial charge on any atom is 0.338 e. The Hall–Kier alpha value is -1.61. The second kappa shape index (κ2) is 6.08. The Kier molecular flexibility index (Phi) is 4.73. The molecule has 0 heterocycles. The van der Waals surface area contributed by atoms with Crippen molar-refractivity contribution >= 4 is 11.5 Å². The molecule has 0 fully saturated rings. The summed E-state index contributed by atoms with van der Waals surface area (Å²) in [6.07, 6.45) is 0. The molecule has 0 N–H and O–H groups in total. The highest BCUT2D eigenvalue weighted by atomic mass is 16.5. The number of carbonyl (C=O) groups is 1. The van der Waals surface area contributed by atoms with Crippen LogP contribution in [0.25, 0.3) is 5.57 Å². The molecule has 1 aromatic carbocycles. The minimum absolute atomic E-state index is 0.354. The van der Waals surface area contributed by atoms with Crippen LogP contribution in [0.1, 0.15) is 5.56 Å². The number of rotatable bonds is 5. The average molecular weight is 219 g/mol. The van der Waals surface area contributed by atoms with Gasteiger partial charge in [-0.1, -0.05) is 36.9 Å². The molecule has 0 aromatic heterocycles. The lowest BCUT2D eigenvalue weighted by Crippen LogP contribution is -2.20. The van der Waals surface area contributed by atoms with Crippen LogP contribution in [-0.2, 0) is 9.53 Å². The first-order valence-corrected chi connectivity index (χ1v) is 5.17. The molecule has 0 aliphatic rings. The molecule has 86 valence electrons. The summed E-state index contributed by atoms with van der Waals surface area (Å²) >= 11 is 0. The molecule has 0 bridgehead atoms. The summed E-state index contributed by atoms with van der Waals surface area (Å²) < 4.78 is 5.09. The number of ether oxygens (including phenoxy) is 1. The van der Waals surface area contributed by atoms with Crippen LogP contribution in [0.5, 0.6) is 0 Å². The van der Waals surface area contributed by atoms with Crippen LogP contribution >= 0.6 is 0 Å². The Morgan fingerprint density at radius 3 is 2.50 bits per heavy atom. The molecule has 0 amide bonds. The standard InChI is InChI=1S/C13H17NO2/c1-11(12-7-5-4-6-8-12)13(15)16-10-9-14(2)3/h4-8H,1,9-10H2,2-3H3. The van der Waals surface area contributed by atoms with Gasteiger partial charge in [0.1, 0.15) is 6.61 Å². The summed E-state index contributed by atoms with van der Waals surface area (Å²) in [7, 11) is 3.86. The highest BCUT2D eigenvalue weighted by molar-refractivity contribution is 6.15. The molecule has 0 atom stereocenters. The third-order valence-electron chi connectivity index (χ3n) is 2.14. The molecule has 3 nitrogen and oxygen atoms in total. The van der Waals surface area contributed by atoms with Gasteiger partial charge in [0.15, 0.2) is 0 Å². The SMILES string of the molecule is C=C(C(=O)OCCN(C)C)c1ccccc1. The molecular weight excluding hydrogens is 202 g/mol. The quantitative estimate of drug-likeness (QED) is 0.558. The molecule has 0 unspecified atom stereocenters. The van der Waals surface area contributed by atoms with Crippen molar-refractivity contribution in [2.75, 3.05) is 27.2 Å². The normalized spacial score (nSPS) is 10.2. The van der Waals surface area contributed by atoms with E-state index < -0.39 is 0 Å². The van der Waals surface area contributed by atoms with Gasteiger partial charge in [0.05, 0.1) is 5.57 Å². The van der Waals surface area contributed by atoms with Gasteiger partial charge in [0.2, 0.25) is 0 Å². The first-order valence-electron chi connectivity index (χ1n) is 5.17. The zero-order valence-corrected chi connectivity index (χ0v) is 9.77. The van der Waals surface area contributed by atoms with Gasteiger partial charge in [0, 0.05) is 6.54 Å². The van der Waals surface area contributed by atoms with Crippen molar-refractivity contribution in [3.63, 3.8) is 0 Å². The number of esters is 1. The summed E-state index contributed by atoms with van der Waals surface area (Å²) in [6, 6.07) is 9.32. The maximum absolute atomic E-state index is 11.6. The lowest BCUT2D eigenvalue weighted by atomic mass is 10.1. The monoisotopic (exact) mass is 219 g/mol. The van der Waals surface area contributed by atoms with Crippen LogP contribution in [0.4, 0.5) is 0 Å². The number of carbonyl (C=O) groups excluding carboxylic acids is 1. The summed E-state index contributed by atoms with van der Waals surface area (Å²) in [6.45, 7) is 4.84. The number of hydrogen-bond acceptors (Lipinski definition) is 3. The molecule has 1 aromatic rings. The lowest BCUT2D eigenvalue weighted by Gasteiger charge is -2.10. The molecule has 3 heteroatoms. The zero-order valence-electron chi connectivity index (χ0n) is 9.77. The fourth-order valence-corrected chi connectivity index (χ4v) is 1.17. The van der Waals surface area contributed by atoms with Gasteiger partial charge in [-0.25, -0.2) is 4.79 Å². The van der Waals surface area contributed by atoms with Gasteiger partial charge < -0.3 is 9.64 Å². The summed E-state index contributed by atoms with van der Waals surface area (Å²) in [5.41, 5.74) is 1.21. The predicted molar refractivity (Wildman–Crippen MR) is 65.0 cm³/mol. The lowest BCUT2D eigenvalue weighted by molar-refractivity contribution is -0.136. The van der Waals surface area contributed by atoms with Crippen LogP contribution in [0.2, 0.25) is 0 Å². The third-order valence-corrected chi connectivity index (χ3v) is 2.14. The summed E-state index contributed by atoms with van der Waals surface area (Å²) in [5, 5.41) is 0. The molecule has 0 saturated heterocycles. The highest BCUT2D eigenvalue weighted by Gasteiger charge is 2.10. The predicted octanol–water partition coefficient (Wildman–Crippen LogP) is 1.80. The molecular formula is C13H17NO2. The second-order valence-corrected chi connectivity index (χ2v) is 3.78. The van der Waals surface area contributed by atoms with Crippen LogP contribution in [0, 0.1) is 0 Å². The van der Waals surface area contributed by atoms with Crippen molar-refractivity contribution in [3.8, 4) is 0 Å². The van der Waals surface area contributed by atoms with Crippen LogP contribution in [0.15, 0.2) is 36.9 Å². The molecule has 0 aliphatic carbocycles. The largest absolute Gasteiger partial charge is 0.461 e. The van der Waals surface area contributed by atoms with E-state index in [0.29, 0.717) is 18.7 Å². The molecule has 0 aliphatic heterocycles. The van der Waals surface area contributed by atoms with Crippen molar-refractivity contribution in [1.29, 1.82) is 0 Å². The van der Waals surface area contributed by atoms with Gasteiger partial charge >= 0.3 is 5.97 Å². The van der Waals surface area contributed by atoms with Gasteiger partial charge in [0.25, 0.3) is 0 Å². The van der Waals surface area contributed by atoms with E-state index in [4.69, 9.17) is 4.74 Å². The van der Waals surface area contributed by atoms with Gasteiger partial charge in [-0.3, -0.25) is 0 Å². The van der Waals surface area contributed by atoms with E-state index in [0.717, 1.165) is 5.56 Å². The Morgan fingerprint density at radius 1 is 1.31 bits per heavy atom. The fraction of sp³-hybridized carbons (Fsp3) is 0.308. The molecule has 0 spiro atoms. The Bertz CT molecular complexity index is 357. The summed E-state index contributed by atoms with van der Waals surface area (Å²) in [4.78, 5) is 13.5. The molecule has 1 rings (SSSR count). The van der Waals surface area contributed by atoms with Crippen molar-refractivity contribution in [2.45, 2.75) is 0 Å². The van der Waals surface area contributed by atoms with Gasteiger partial charge in [-0.15, -0.1) is 0 Å². The smallest absolute Gasteiger partial charge is 0.338 e. The Balaban J connectivity index is 2.46. The number of benzene rings is 1. The third kappa shape index (κ3) is 3.87. The minimum atomic E-state index is -0.354. The average Bonchev–Trinajstić information content (AvgIpc) is 2.28. The highest BCUT2D eigenvalue weighted by Crippen LogP contribution is 2.12. The van der Waals surface area contributed by atoms with Crippen molar-refractivity contribution in [2.24, 2.45) is 0 Å². The van der Waals surface area contributed by atoms with E-state index in [1.165, 1.54) is 0 Å². The topological polar surface area (TPSA) is 29.5 Å². The maximum atomic E-state index is 11.6. The van der Waals surface area contributed by atoms with Gasteiger partial charge in [-0.05, 0) is 19.7 Å². The van der Waals surface area contributed by atoms with E-state index in [1.807, 2.05) is 49.3 Å². The number of nitrogens with zero attached hydrogens (tertiary/aromatic N) is 1. The first kappa shape index (κ1) is 12.5. The molecule has 0 saturated carbocycles. The van der Waals surface area contributed by atoms with Crippen molar-refractivity contribution in [1.82, 2.24) is 4.90 Å². The van der Waals surface area contributed by atoms with E-state index in [9.17, 15) is 4.79 Å². The Morgan fingerprint density at radius 2 is 1.94 bits per heavy atom. The number of likely N-dealkylation sites (N-methyl/N-ethyl adjacent to an activating group) is 1. The minimum Gasteiger partial charge on any atom is -0.461 e. The Labute approximate surface area is 96.3 Å². The van der Waals surface area contributed by atoms with E-state index in [1.54, 1.807) is 0 Å². The van der Waals surface area contributed by atoms with Crippen molar-refractivity contribution in [3.05, 3.63) is 42.5 Å². The molecule has 0 radical (unpaired) electrons. The van der Waals surface area contributed by atoms with E-state index >= 15 is 0 Å². The van der Waals surface area contributed by atoms with E-state index in [2.05, 4.69) is 6.58 Å². The van der Waals surface area contributed by atoms with Crippen molar-refractivity contribution < 1.29 is 9.53 Å². The zero-order chi connectivity index (χ0) is 12.0. The van der Waals surface area contributed by atoms with Crippen LogP contribution in [-0.4, -0.2) is 38.1 Å². The van der Waals surface area contributed by atoms with E-state index in [-0.39, 0.29) is 5.97 Å². The van der Waals surface area contributed by atoms with Crippen LogP contribution in [0.3, 0.4) is 0 Å². The first-order chi connectivity index (χ1) is 7.61. The second-order valence-electron chi connectivity index (χ2n) is 3.78. The van der Waals surface area contributed by atoms with Crippen LogP contribution < -0.4 is 0 Å². The summed E-state index contributed by atoms with van der Waals surface area (Å²) in [5.74, 6) is -0.354. The van der Waals surface area contributed by atoms with Gasteiger partial charge in [-0.2, -0.15) is 0 Å². The number of hydrogen-bond donors (Lipinski definition) is 0. The molecule has 16 heavy (non-hydrogen) atoms.